The SMILES string of the molecule is Cc1nc(N2CCN(C(=O)C(=O)NC[C@H](C)O)CC2)c(C#N)c2c1COC(C)(C)C2. The van der Waals surface area contributed by atoms with Crippen LogP contribution in [-0.2, 0) is 27.4 Å². The number of rotatable bonds is 3. The summed E-state index contributed by atoms with van der Waals surface area (Å²) in [5, 5.41) is 21.6. The number of aliphatic hydroxyl groups excluding tert-OH is 1. The van der Waals surface area contributed by atoms with E-state index >= 15 is 0 Å². The number of anilines is 1. The van der Waals surface area contributed by atoms with Crippen LogP contribution in [0.3, 0.4) is 0 Å². The smallest absolute Gasteiger partial charge is 0.312 e. The summed E-state index contributed by atoms with van der Waals surface area (Å²) < 4.78 is 5.89. The van der Waals surface area contributed by atoms with Crippen LogP contribution in [0, 0.1) is 18.3 Å². The standard InChI is InChI=1S/C21H29N5O4/c1-13(27)11-23-19(28)20(29)26-7-5-25(6-8-26)18-16(10-22)15-9-21(3,4)30-12-17(15)14(2)24-18/h13,27H,5-9,11-12H2,1-4H3,(H,23,28)/t13-/m0/s1. The molecule has 1 fully saturated rings. The highest BCUT2D eigenvalue weighted by atomic mass is 16.5. The molecule has 1 saturated heterocycles. The molecular formula is C21H29N5O4. The maximum Gasteiger partial charge on any atom is 0.312 e. The fraction of sp³-hybridized carbons (Fsp3) is 0.619. The van der Waals surface area contributed by atoms with Gasteiger partial charge in [-0.1, -0.05) is 0 Å². The van der Waals surface area contributed by atoms with Crippen LogP contribution >= 0.6 is 0 Å². The van der Waals surface area contributed by atoms with Gasteiger partial charge >= 0.3 is 11.8 Å². The van der Waals surface area contributed by atoms with Gasteiger partial charge in [0.2, 0.25) is 0 Å². The van der Waals surface area contributed by atoms with E-state index < -0.39 is 17.9 Å². The van der Waals surface area contributed by atoms with Gasteiger partial charge in [-0.2, -0.15) is 5.26 Å². The number of aliphatic hydroxyl groups is 1. The molecule has 3 heterocycles. The minimum Gasteiger partial charge on any atom is -0.392 e. The summed E-state index contributed by atoms with van der Waals surface area (Å²) in [5.41, 5.74) is 3.06. The number of carbonyl (C=O) groups is 2. The van der Waals surface area contributed by atoms with Crippen LogP contribution in [-0.4, -0.2) is 71.2 Å². The van der Waals surface area contributed by atoms with E-state index in [1.807, 2.05) is 25.7 Å². The Balaban J connectivity index is 1.75. The summed E-state index contributed by atoms with van der Waals surface area (Å²) in [4.78, 5) is 32.5. The van der Waals surface area contributed by atoms with Gasteiger partial charge in [-0.25, -0.2) is 4.98 Å². The molecular weight excluding hydrogens is 386 g/mol. The molecule has 1 atom stereocenters. The summed E-state index contributed by atoms with van der Waals surface area (Å²) in [5.74, 6) is -0.687. The Morgan fingerprint density at radius 2 is 1.97 bits per heavy atom. The number of hydrogen-bond acceptors (Lipinski definition) is 7. The van der Waals surface area contributed by atoms with E-state index in [9.17, 15) is 20.0 Å². The van der Waals surface area contributed by atoms with Crippen LogP contribution in [0.4, 0.5) is 5.82 Å². The molecule has 162 valence electrons. The zero-order valence-corrected chi connectivity index (χ0v) is 18.0. The van der Waals surface area contributed by atoms with Gasteiger partial charge in [-0.15, -0.1) is 0 Å². The Hall–Kier alpha value is -2.70. The lowest BCUT2D eigenvalue weighted by Crippen LogP contribution is -2.53. The number of nitrogens with zero attached hydrogens (tertiary/aromatic N) is 4. The van der Waals surface area contributed by atoms with E-state index in [1.165, 1.54) is 11.8 Å². The van der Waals surface area contributed by atoms with Crippen molar-refractivity contribution in [3.63, 3.8) is 0 Å². The Kier molecular flexibility index (Phi) is 6.29. The third-order valence-corrected chi connectivity index (χ3v) is 5.54. The Morgan fingerprint density at radius 1 is 1.30 bits per heavy atom. The Morgan fingerprint density at radius 3 is 2.57 bits per heavy atom. The molecule has 1 aromatic rings. The Labute approximate surface area is 176 Å². The van der Waals surface area contributed by atoms with Gasteiger partial charge in [-0.05, 0) is 33.3 Å². The van der Waals surface area contributed by atoms with Crippen molar-refractivity contribution in [2.45, 2.75) is 52.4 Å². The van der Waals surface area contributed by atoms with Crippen LogP contribution in [0.2, 0.25) is 0 Å². The number of aryl methyl sites for hydroxylation is 1. The number of nitrogens with one attached hydrogen (secondary N) is 1. The van der Waals surface area contributed by atoms with E-state index in [2.05, 4.69) is 11.4 Å². The molecule has 9 heteroatoms. The average Bonchev–Trinajstić information content (AvgIpc) is 2.70. The van der Waals surface area contributed by atoms with Gasteiger partial charge in [0.1, 0.15) is 11.9 Å². The van der Waals surface area contributed by atoms with E-state index in [4.69, 9.17) is 9.72 Å². The van der Waals surface area contributed by atoms with Crippen LogP contribution < -0.4 is 10.2 Å². The first-order valence-electron chi connectivity index (χ1n) is 10.2. The zero-order chi connectivity index (χ0) is 22.1. The molecule has 2 aliphatic rings. The van der Waals surface area contributed by atoms with E-state index in [1.54, 1.807) is 0 Å². The topological polar surface area (TPSA) is 119 Å². The third-order valence-electron chi connectivity index (χ3n) is 5.54. The number of carbonyl (C=O) groups excluding carboxylic acids is 2. The van der Waals surface area contributed by atoms with Gasteiger partial charge in [-0.3, -0.25) is 9.59 Å². The second kappa shape index (κ2) is 8.58. The van der Waals surface area contributed by atoms with Gasteiger partial charge in [0, 0.05) is 50.4 Å². The van der Waals surface area contributed by atoms with Gasteiger partial charge < -0.3 is 25.0 Å². The number of pyridine rings is 1. The van der Waals surface area contributed by atoms with Crippen LogP contribution in [0.25, 0.3) is 0 Å². The molecule has 0 radical (unpaired) electrons. The summed E-state index contributed by atoms with van der Waals surface area (Å²) >= 11 is 0. The molecule has 0 bridgehead atoms. The largest absolute Gasteiger partial charge is 0.392 e. The van der Waals surface area contributed by atoms with Gasteiger partial charge in [0.05, 0.1) is 23.9 Å². The lowest BCUT2D eigenvalue weighted by molar-refractivity contribution is -0.146. The summed E-state index contributed by atoms with van der Waals surface area (Å²) in [7, 11) is 0. The van der Waals surface area contributed by atoms with Gasteiger partial charge in [0.25, 0.3) is 0 Å². The third kappa shape index (κ3) is 4.55. The highest BCUT2D eigenvalue weighted by molar-refractivity contribution is 6.35. The molecule has 0 unspecified atom stereocenters. The first kappa shape index (κ1) is 22.0. The zero-order valence-electron chi connectivity index (χ0n) is 18.0. The molecule has 1 aromatic heterocycles. The van der Waals surface area contributed by atoms with E-state index in [0.717, 1.165) is 16.8 Å². The van der Waals surface area contributed by atoms with Crippen LogP contribution in [0.5, 0.6) is 0 Å². The molecule has 0 aliphatic carbocycles. The first-order chi connectivity index (χ1) is 14.1. The molecule has 3 rings (SSSR count). The molecule has 30 heavy (non-hydrogen) atoms. The predicted octanol–water partition coefficient (Wildman–Crippen LogP) is 0.259. The minimum atomic E-state index is -0.716. The van der Waals surface area contributed by atoms with Crippen molar-refractivity contribution >= 4 is 17.6 Å². The lowest BCUT2D eigenvalue weighted by atomic mass is 9.88. The van der Waals surface area contributed by atoms with Crippen molar-refractivity contribution in [2.75, 3.05) is 37.6 Å². The molecule has 2 aliphatic heterocycles. The maximum atomic E-state index is 12.3. The second-order valence-corrected chi connectivity index (χ2v) is 8.53. The normalized spacial score (nSPS) is 18.9. The monoisotopic (exact) mass is 415 g/mol. The molecule has 2 amide bonds. The molecule has 0 spiro atoms. The van der Waals surface area contributed by atoms with Crippen LogP contribution in [0.1, 0.15) is 43.2 Å². The lowest BCUT2D eigenvalue weighted by Gasteiger charge is -2.37. The van der Waals surface area contributed by atoms with Gasteiger partial charge in [0.15, 0.2) is 0 Å². The van der Waals surface area contributed by atoms with Crippen molar-refractivity contribution in [3.05, 3.63) is 22.4 Å². The quantitative estimate of drug-likeness (QED) is 0.680. The number of hydrogen-bond donors (Lipinski definition) is 2. The first-order valence-corrected chi connectivity index (χ1v) is 10.2. The molecule has 2 N–H and O–H groups in total. The summed E-state index contributed by atoms with van der Waals surface area (Å²) in [6.45, 7) is 9.66. The van der Waals surface area contributed by atoms with Crippen molar-refractivity contribution in [1.82, 2.24) is 15.2 Å². The number of piperazine rings is 1. The Bertz CT molecular complexity index is 882. The number of amides is 2. The van der Waals surface area contributed by atoms with E-state index in [-0.39, 0.29) is 12.1 Å². The number of aromatic nitrogens is 1. The molecule has 0 saturated carbocycles. The summed E-state index contributed by atoms with van der Waals surface area (Å²) in [6, 6.07) is 2.34. The van der Waals surface area contributed by atoms with Crippen LogP contribution in [0.15, 0.2) is 0 Å². The number of nitriles is 1. The highest BCUT2D eigenvalue weighted by Crippen LogP contribution is 2.35. The summed E-state index contributed by atoms with van der Waals surface area (Å²) in [6.07, 6.45) is -0.0690. The fourth-order valence-electron chi connectivity index (χ4n) is 3.84. The van der Waals surface area contributed by atoms with Crippen molar-refractivity contribution < 1.29 is 19.4 Å². The highest BCUT2D eigenvalue weighted by Gasteiger charge is 2.33. The van der Waals surface area contributed by atoms with Crippen molar-refractivity contribution in [3.8, 4) is 6.07 Å². The average molecular weight is 415 g/mol. The van der Waals surface area contributed by atoms with Crippen molar-refractivity contribution in [2.24, 2.45) is 0 Å². The van der Waals surface area contributed by atoms with Crippen molar-refractivity contribution in [1.29, 1.82) is 5.26 Å². The molecule has 9 nitrogen and oxygen atoms in total. The number of ether oxygens (including phenoxy) is 1. The maximum absolute atomic E-state index is 12.3. The van der Waals surface area contributed by atoms with E-state index in [0.29, 0.717) is 50.6 Å². The predicted molar refractivity (Wildman–Crippen MR) is 110 cm³/mol. The minimum absolute atomic E-state index is 0.0362. The number of fused-ring (bicyclic) bond motifs is 1. The second-order valence-electron chi connectivity index (χ2n) is 8.53. The fourth-order valence-corrected chi connectivity index (χ4v) is 3.84. The molecule has 0 aromatic carbocycles.